The van der Waals surface area contributed by atoms with E-state index < -0.39 is 38.0 Å². The van der Waals surface area contributed by atoms with Crippen LogP contribution in [0.15, 0.2) is 15.2 Å². The minimum atomic E-state index is -4.48. The Bertz CT molecular complexity index is 1230. The fourth-order valence-electron chi connectivity index (χ4n) is 9.64. The predicted molar refractivity (Wildman–Crippen MR) is 140 cm³/mol. The van der Waals surface area contributed by atoms with Gasteiger partial charge >= 0.3 is 10.4 Å². The number of hydrogen-bond acceptors (Lipinski definition) is 10. The van der Waals surface area contributed by atoms with Crippen molar-refractivity contribution in [3.05, 3.63) is 0 Å². The lowest BCUT2D eigenvalue weighted by molar-refractivity contribution is -0.219. The zero-order chi connectivity index (χ0) is 28.4. The highest BCUT2D eigenvalue weighted by atomic mass is 32.3. The van der Waals surface area contributed by atoms with Crippen molar-refractivity contribution in [3.63, 3.8) is 0 Å². The van der Waals surface area contributed by atoms with Gasteiger partial charge in [0.05, 0.1) is 28.5 Å². The maximum Gasteiger partial charge on any atom is 0.397 e. The number of fused-ring (bicyclic) bond motifs is 6. The van der Waals surface area contributed by atoms with E-state index in [1.54, 1.807) is 0 Å². The summed E-state index contributed by atoms with van der Waals surface area (Å²) in [6.45, 7) is 6.70. The molecule has 13 heteroatoms. The second kappa shape index (κ2) is 9.99. The molecule has 0 saturated heterocycles. The first-order chi connectivity index (χ1) is 18.1. The van der Waals surface area contributed by atoms with Crippen molar-refractivity contribution in [1.82, 2.24) is 0 Å². The molecule has 0 unspecified atom stereocenters. The summed E-state index contributed by atoms with van der Waals surface area (Å²) >= 11 is 0. The Morgan fingerprint density at radius 2 is 1.74 bits per heavy atom. The lowest BCUT2D eigenvalue weighted by Crippen LogP contribution is -2.60. The zero-order valence-corrected chi connectivity index (χ0v) is 24.6. The first-order valence-corrected chi connectivity index (χ1v) is 17.2. The average molecular weight is 588 g/mol. The fraction of sp³-hybridized carbons (Fsp3) is 0.962. The van der Waals surface area contributed by atoms with Crippen molar-refractivity contribution < 1.29 is 35.2 Å². The molecule has 0 bridgehead atoms. The molecule has 5 rings (SSSR count). The molecule has 4 aliphatic carbocycles. The summed E-state index contributed by atoms with van der Waals surface area (Å²) in [5.74, 6) is 1.30. The first-order valence-electron chi connectivity index (χ1n) is 14.3. The molecule has 0 amide bonds. The van der Waals surface area contributed by atoms with Gasteiger partial charge in [-0.25, -0.2) is 12.6 Å². The van der Waals surface area contributed by atoms with Crippen LogP contribution in [0.25, 0.3) is 0 Å². The molecular formula is C26H41N3O8S2-2. The van der Waals surface area contributed by atoms with Gasteiger partial charge in [0.1, 0.15) is 0 Å². The van der Waals surface area contributed by atoms with Gasteiger partial charge in [0.2, 0.25) is 0 Å². The number of hydrogen-bond donors (Lipinski definition) is 1. The standard InChI is InChI=1S/C26H43N3O8S2/c1-16(4-7-22(30)27-12-13-38(31,32)33)19-5-6-20-23-21(9-11-25(19,20)3)24(2)10-8-18(37-39(34,35)36)14-17(24)15-26(23)28-29-26/h16-21,23H,4-15H2,1-3H3,(H,27,30)(H,31,32,33)(H,34,35,36)/p-2/t16-,17+,18-,19-,20+,21+,23+,24+,25-/m1/s1. The van der Waals surface area contributed by atoms with Gasteiger partial charge in [-0.2, -0.15) is 18.6 Å². The Morgan fingerprint density at radius 1 is 1.08 bits per heavy atom. The minimum absolute atomic E-state index is 0.0547. The second-order valence-electron chi connectivity index (χ2n) is 13.4. The summed E-state index contributed by atoms with van der Waals surface area (Å²) in [6.07, 6.45) is 7.66. The summed E-state index contributed by atoms with van der Waals surface area (Å²) in [5.41, 5.74) is -0.221. The Hall–Kier alpha value is -1.15. The van der Waals surface area contributed by atoms with Crippen LogP contribution < -0.4 is 5.11 Å². The lowest BCUT2D eigenvalue weighted by Gasteiger charge is -2.62. The molecule has 0 aromatic carbocycles. The van der Waals surface area contributed by atoms with Crippen molar-refractivity contribution in [3.8, 4) is 0 Å². The van der Waals surface area contributed by atoms with Crippen molar-refractivity contribution in [2.75, 3.05) is 12.3 Å². The van der Waals surface area contributed by atoms with Crippen LogP contribution >= 0.6 is 0 Å². The highest BCUT2D eigenvalue weighted by Crippen LogP contribution is 2.73. The summed E-state index contributed by atoms with van der Waals surface area (Å²) in [4.78, 5) is 3.76. The Labute approximate surface area is 232 Å². The number of rotatable bonds is 9. The van der Waals surface area contributed by atoms with Crippen LogP contribution in [0.2, 0.25) is 0 Å². The molecular weight excluding hydrogens is 546 g/mol. The van der Waals surface area contributed by atoms with E-state index in [9.17, 15) is 31.0 Å². The molecule has 222 valence electrons. The largest absolute Gasteiger partial charge is 0.862 e. The molecule has 5 aliphatic rings. The topological polar surface area (TPSA) is 181 Å². The summed E-state index contributed by atoms with van der Waals surface area (Å²) < 4.78 is 69.2. The van der Waals surface area contributed by atoms with Crippen molar-refractivity contribution >= 4 is 26.4 Å². The Kier molecular flexibility index (Phi) is 7.52. The normalized spacial score (nSPS) is 42.0. The second-order valence-corrected chi connectivity index (χ2v) is 16.0. The molecule has 11 nitrogen and oxygen atoms in total. The number of aliphatic imine (C=N–C) groups is 1. The van der Waals surface area contributed by atoms with Crippen LogP contribution in [0.4, 0.5) is 0 Å². The van der Waals surface area contributed by atoms with Crippen molar-refractivity contribution in [1.29, 1.82) is 0 Å². The van der Waals surface area contributed by atoms with E-state index in [4.69, 9.17) is 4.18 Å². The van der Waals surface area contributed by atoms with Gasteiger partial charge in [-0.15, -0.1) is 0 Å². The quantitative estimate of drug-likeness (QED) is 0.242. The Morgan fingerprint density at radius 3 is 2.38 bits per heavy atom. The van der Waals surface area contributed by atoms with Crippen LogP contribution in [0, 0.1) is 46.3 Å². The molecule has 1 spiro atoms. The van der Waals surface area contributed by atoms with Gasteiger partial charge in [0.25, 0.3) is 0 Å². The monoisotopic (exact) mass is 587 g/mol. The van der Waals surface area contributed by atoms with Crippen LogP contribution in [0.5, 0.6) is 0 Å². The Balaban J connectivity index is 1.27. The molecule has 0 aromatic heterocycles. The molecule has 9 atom stereocenters. The van der Waals surface area contributed by atoms with Crippen LogP contribution in [0.1, 0.15) is 85.0 Å². The minimum Gasteiger partial charge on any atom is -0.862 e. The van der Waals surface area contributed by atoms with Crippen molar-refractivity contribution in [2.45, 2.75) is 96.7 Å². The maximum absolute atomic E-state index is 12.2. The molecule has 0 radical (unpaired) electrons. The van der Waals surface area contributed by atoms with E-state index in [0.29, 0.717) is 48.9 Å². The highest BCUT2D eigenvalue weighted by Gasteiger charge is 2.70. The lowest BCUT2D eigenvalue weighted by atomic mass is 9.42. The van der Waals surface area contributed by atoms with Crippen LogP contribution in [-0.4, -0.2) is 55.9 Å². The molecule has 1 N–H and O–H groups in total. The van der Waals surface area contributed by atoms with E-state index in [1.165, 1.54) is 0 Å². The van der Waals surface area contributed by atoms with Gasteiger partial charge < -0.3 is 14.7 Å². The first kappa shape index (κ1) is 29.3. The molecule has 1 aliphatic heterocycles. The van der Waals surface area contributed by atoms with Gasteiger partial charge in [0.15, 0.2) is 5.66 Å². The summed E-state index contributed by atoms with van der Waals surface area (Å²) in [6, 6.07) is 0. The molecule has 4 fully saturated rings. The van der Waals surface area contributed by atoms with E-state index in [-0.39, 0.29) is 35.6 Å². The van der Waals surface area contributed by atoms with Gasteiger partial charge in [-0.1, -0.05) is 20.8 Å². The predicted octanol–water partition coefficient (Wildman–Crippen LogP) is 3.33. The molecule has 0 aromatic rings. The van der Waals surface area contributed by atoms with Crippen LogP contribution in [-0.2, 0) is 24.7 Å². The third-order valence-electron chi connectivity index (χ3n) is 11.5. The molecule has 1 heterocycles. The third kappa shape index (κ3) is 5.67. The molecule has 39 heavy (non-hydrogen) atoms. The summed E-state index contributed by atoms with van der Waals surface area (Å²) in [5, 5.41) is 21.5. The average Bonchev–Trinajstić information content (AvgIpc) is 3.49. The maximum atomic E-state index is 12.2. The van der Waals surface area contributed by atoms with Gasteiger partial charge in [-0.3, -0.25) is 4.55 Å². The fourth-order valence-corrected chi connectivity index (χ4v) is 10.5. The van der Waals surface area contributed by atoms with E-state index in [1.807, 2.05) is 0 Å². The van der Waals surface area contributed by atoms with Crippen LogP contribution in [0.3, 0.4) is 0 Å². The van der Waals surface area contributed by atoms with Gasteiger partial charge in [0, 0.05) is 12.3 Å². The SMILES string of the molecule is C[C@H](CCC([O-])=NCCS(=O)(=O)[O-])[C@H]1CC[C@H]2[C@H]3[C@H](CC[C@]12C)[C@@]1(C)CC[C@@H](OS(=O)(=O)O)C[C@H]1CC31N=N1. The zero-order valence-electron chi connectivity index (χ0n) is 23.0. The number of nitrogens with zero attached hydrogens (tertiary/aromatic N) is 3. The molecule has 4 saturated carbocycles. The van der Waals surface area contributed by atoms with E-state index in [2.05, 4.69) is 36.0 Å². The summed E-state index contributed by atoms with van der Waals surface area (Å²) in [7, 11) is -8.86. The third-order valence-corrected chi connectivity index (χ3v) is 12.7. The highest BCUT2D eigenvalue weighted by molar-refractivity contribution is 7.85. The van der Waals surface area contributed by atoms with Crippen molar-refractivity contribution in [2.24, 2.45) is 61.6 Å². The van der Waals surface area contributed by atoms with Gasteiger partial charge in [-0.05, 0) is 104 Å². The van der Waals surface area contributed by atoms with E-state index in [0.717, 1.165) is 38.5 Å². The van der Waals surface area contributed by atoms with E-state index >= 15 is 0 Å². The smallest absolute Gasteiger partial charge is 0.397 e.